The van der Waals surface area contributed by atoms with Crippen LogP contribution in [-0.2, 0) is 24.4 Å². The van der Waals surface area contributed by atoms with Crippen molar-refractivity contribution in [3.8, 4) is 22.9 Å². The van der Waals surface area contributed by atoms with Crippen LogP contribution in [0.2, 0.25) is 5.02 Å². The van der Waals surface area contributed by atoms with Crippen molar-refractivity contribution in [1.82, 2.24) is 24.9 Å². The number of rotatable bonds is 14. The number of carbonyl (C=O) groups excluding carboxylic acids is 4. The molecule has 20 heteroatoms. The molecule has 61 heavy (non-hydrogen) atoms. The van der Waals surface area contributed by atoms with E-state index in [4.69, 9.17) is 21.1 Å². The normalized spacial score (nSPS) is 22.0. The van der Waals surface area contributed by atoms with Crippen LogP contribution in [0.4, 0.5) is 18.3 Å². The van der Waals surface area contributed by atoms with E-state index in [2.05, 4.69) is 31.9 Å². The van der Waals surface area contributed by atoms with E-state index in [1.165, 1.54) is 36.4 Å². The molecule has 2 aromatic carbocycles. The van der Waals surface area contributed by atoms with E-state index in [0.29, 0.717) is 45.6 Å². The summed E-state index contributed by atoms with van der Waals surface area (Å²) in [6, 6.07) is 7.68. The molecule has 5 atom stereocenters. The molecule has 3 heterocycles. The molecule has 14 nitrogen and oxygen atoms in total. The van der Waals surface area contributed by atoms with Gasteiger partial charge in [-0.1, -0.05) is 62.7 Å². The van der Waals surface area contributed by atoms with Crippen molar-refractivity contribution in [2.24, 2.45) is 11.3 Å². The van der Waals surface area contributed by atoms with Crippen molar-refractivity contribution in [2.75, 3.05) is 19.0 Å². The fourth-order valence-electron chi connectivity index (χ4n) is 7.34. The molecule has 3 amide bonds. The molecule has 1 saturated heterocycles. The monoisotopic (exact) mass is 902 g/mol. The molecule has 0 spiro atoms. The number of likely N-dealkylation sites (tertiary alicyclic amines) is 1. The van der Waals surface area contributed by atoms with Crippen LogP contribution in [-0.4, -0.2) is 95.6 Å². The number of nitrogens with zero attached hydrogens (tertiary/aromatic N) is 3. The van der Waals surface area contributed by atoms with Crippen molar-refractivity contribution >= 4 is 72.4 Å². The number of anilines is 1. The molecular weight excluding hydrogens is 861 g/mol. The highest BCUT2D eigenvalue weighted by Crippen LogP contribution is 2.46. The third kappa shape index (κ3) is 9.04. The number of sulfonamides is 1. The van der Waals surface area contributed by atoms with E-state index in [-0.39, 0.29) is 30.4 Å². The van der Waals surface area contributed by atoms with Crippen LogP contribution in [0.1, 0.15) is 56.8 Å². The standard InChI is InChI=1S/C41H42ClF3N6O8S2/c1-6-23-17-40(23,37(55)50-61(56,57)26-12-13-26)49-34(53)30-16-25(59-35-28-15-24(42)11-14-27(28)31(58-5)18-46-35)19-51(30)36(54)32(39(2,3)4)48-38-47-29(20-60-38)21-7-9-22(10-8-21)33(52)41(43,44)45/h6-11,14-15,18,20,23,25-26,30,32H,1,12-13,16-17,19H2,2-5H3,(H,47,48)(H,49,53)(H,50,55)/t23-,25-,30+,32-,40-/m1/s1. The maximum Gasteiger partial charge on any atom is 0.454 e. The summed E-state index contributed by atoms with van der Waals surface area (Å²) in [5, 5.41) is 8.80. The molecule has 3 fully saturated rings. The predicted molar refractivity (Wildman–Crippen MR) is 222 cm³/mol. The minimum absolute atomic E-state index is 0.0464. The fourth-order valence-corrected chi connectivity index (χ4v) is 9.62. The zero-order chi connectivity index (χ0) is 44.2. The van der Waals surface area contributed by atoms with E-state index in [0.717, 1.165) is 23.5 Å². The van der Waals surface area contributed by atoms with Crippen molar-refractivity contribution in [3.05, 3.63) is 77.3 Å². The Labute approximate surface area is 358 Å². The summed E-state index contributed by atoms with van der Waals surface area (Å²) in [6.45, 7) is 9.09. The van der Waals surface area contributed by atoms with Gasteiger partial charge in [0, 0.05) is 44.6 Å². The van der Waals surface area contributed by atoms with Crippen LogP contribution in [0.25, 0.3) is 22.0 Å². The number of methoxy groups -OCH3 is 1. The third-order valence-electron chi connectivity index (χ3n) is 11.0. The molecule has 7 rings (SSSR count). The number of hydrogen-bond acceptors (Lipinski definition) is 12. The molecule has 0 unspecified atom stereocenters. The lowest BCUT2D eigenvalue weighted by Gasteiger charge is -2.35. The molecule has 1 aliphatic heterocycles. The summed E-state index contributed by atoms with van der Waals surface area (Å²) in [5.74, 6) is -4.03. The summed E-state index contributed by atoms with van der Waals surface area (Å²) in [7, 11) is -2.46. The van der Waals surface area contributed by atoms with Gasteiger partial charge < -0.3 is 25.0 Å². The van der Waals surface area contributed by atoms with Gasteiger partial charge in [0.05, 0.1) is 30.8 Å². The third-order valence-corrected chi connectivity index (χ3v) is 13.8. The van der Waals surface area contributed by atoms with Crippen molar-refractivity contribution < 1.29 is 50.2 Å². The van der Waals surface area contributed by atoms with Gasteiger partial charge in [-0.3, -0.25) is 23.9 Å². The second-order valence-electron chi connectivity index (χ2n) is 16.4. The smallest absolute Gasteiger partial charge is 0.454 e. The predicted octanol–water partition coefficient (Wildman–Crippen LogP) is 6.31. The first kappa shape index (κ1) is 43.8. The molecule has 0 radical (unpaired) electrons. The first-order valence-corrected chi connectivity index (χ1v) is 22.0. The number of pyridine rings is 1. The number of halogens is 4. The van der Waals surface area contributed by atoms with Gasteiger partial charge in [-0.25, -0.2) is 18.4 Å². The molecule has 2 saturated carbocycles. The first-order chi connectivity index (χ1) is 28.6. The van der Waals surface area contributed by atoms with E-state index in [1.54, 1.807) is 23.6 Å². The molecule has 2 aromatic heterocycles. The van der Waals surface area contributed by atoms with E-state index >= 15 is 0 Å². The number of carbonyl (C=O) groups is 4. The van der Waals surface area contributed by atoms with Crippen LogP contribution in [0.3, 0.4) is 0 Å². The molecule has 4 aromatic rings. The second kappa shape index (κ2) is 16.2. The Hall–Kier alpha value is -5.27. The Kier molecular flexibility index (Phi) is 11.6. The van der Waals surface area contributed by atoms with Crippen molar-refractivity contribution in [3.63, 3.8) is 0 Å². The number of ketones is 1. The van der Waals surface area contributed by atoms with Gasteiger partial charge in [-0.05, 0) is 42.9 Å². The largest absolute Gasteiger partial charge is 0.494 e. The minimum atomic E-state index is -5.02. The fraction of sp³-hybridized carbons (Fsp3) is 0.415. The van der Waals surface area contributed by atoms with Crippen molar-refractivity contribution in [1.29, 1.82) is 0 Å². The van der Waals surface area contributed by atoms with Gasteiger partial charge in [0.1, 0.15) is 29.5 Å². The number of thiazole rings is 1. The van der Waals surface area contributed by atoms with Gasteiger partial charge in [0.15, 0.2) is 5.13 Å². The SMILES string of the molecule is C=C[C@@H]1C[C@]1(NC(=O)[C@@H]1C[C@@H](Oc2ncc(OC)c3ccc(Cl)cc23)CN1C(=O)[C@@H](Nc1nc(-c2ccc(C(=O)C(F)(F)F)cc2)cs1)C(C)(C)C)C(=O)NS(=O)(=O)C1CC1. The summed E-state index contributed by atoms with van der Waals surface area (Å²) < 4.78 is 78.5. The lowest BCUT2D eigenvalue weighted by Crippen LogP contribution is -2.58. The highest BCUT2D eigenvalue weighted by atomic mass is 35.5. The summed E-state index contributed by atoms with van der Waals surface area (Å²) in [4.78, 5) is 65.0. The summed E-state index contributed by atoms with van der Waals surface area (Å²) in [6.07, 6.45) is -1.99. The van der Waals surface area contributed by atoms with Crippen LogP contribution >= 0.6 is 22.9 Å². The number of hydrogen-bond donors (Lipinski definition) is 3. The highest BCUT2D eigenvalue weighted by molar-refractivity contribution is 7.91. The number of aromatic nitrogens is 2. The molecule has 0 bridgehead atoms. The van der Waals surface area contributed by atoms with Crippen molar-refractivity contribution in [2.45, 2.75) is 81.6 Å². The lowest BCUT2D eigenvalue weighted by molar-refractivity contribution is -0.141. The summed E-state index contributed by atoms with van der Waals surface area (Å²) >= 11 is 7.49. The number of nitrogens with one attached hydrogen (secondary N) is 3. The molecule has 3 N–H and O–H groups in total. The Bertz CT molecular complexity index is 2530. The number of Topliss-reactive ketones (excluding diaryl/α,β-unsaturated/α-hetero) is 1. The van der Waals surface area contributed by atoms with Crippen LogP contribution in [0.15, 0.2) is 66.7 Å². The second-order valence-corrected chi connectivity index (χ2v) is 19.6. The van der Waals surface area contributed by atoms with Crippen LogP contribution in [0.5, 0.6) is 11.6 Å². The van der Waals surface area contributed by atoms with Gasteiger partial charge in [-0.15, -0.1) is 17.9 Å². The average molecular weight is 903 g/mol. The van der Waals surface area contributed by atoms with E-state index in [1.807, 2.05) is 20.8 Å². The van der Waals surface area contributed by atoms with E-state index < -0.39 is 85.6 Å². The number of benzene rings is 2. The first-order valence-electron chi connectivity index (χ1n) is 19.2. The number of amides is 3. The minimum Gasteiger partial charge on any atom is -0.494 e. The van der Waals surface area contributed by atoms with Crippen LogP contribution < -0.4 is 24.8 Å². The molecule has 324 valence electrons. The quantitative estimate of drug-likeness (QED) is 0.0952. The number of ether oxygens (including phenoxy) is 2. The van der Waals surface area contributed by atoms with Gasteiger partial charge in [0.25, 0.3) is 11.7 Å². The number of alkyl halides is 3. The Morgan fingerprint density at radius 3 is 2.39 bits per heavy atom. The Balaban J connectivity index is 1.17. The Morgan fingerprint density at radius 1 is 1.08 bits per heavy atom. The highest BCUT2D eigenvalue weighted by Gasteiger charge is 2.62. The zero-order valence-corrected chi connectivity index (χ0v) is 35.7. The maximum atomic E-state index is 14.9. The lowest BCUT2D eigenvalue weighted by atomic mass is 9.85. The average Bonchev–Trinajstić information content (AvgIpc) is 4.09. The molecular formula is C41H42ClF3N6O8S2. The van der Waals surface area contributed by atoms with Gasteiger partial charge in [0.2, 0.25) is 27.7 Å². The number of fused-ring (bicyclic) bond motifs is 1. The van der Waals surface area contributed by atoms with Gasteiger partial charge in [-0.2, -0.15) is 13.2 Å². The van der Waals surface area contributed by atoms with Gasteiger partial charge >= 0.3 is 6.18 Å². The topological polar surface area (TPSA) is 186 Å². The Morgan fingerprint density at radius 2 is 1.79 bits per heavy atom. The maximum absolute atomic E-state index is 14.9. The molecule has 2 aliphatic carbocycles. The summed E-state index contributed by atoms with van der Waals surface area (Å²) in [5.41, 5.74) is -2.14. The van der Waals surface area contributed by atoms with E-state index in [9.17, 15) is 40.8 Å². The zero-order valence-electron chi connectivity index (χ0n) is 33.3. The van der Waals surface area contributed by atoms with Crippen LogP contribution in [0, 0.1) is 11.3 Å². The molecule has 3 aliphatic rings.